The van der Waals surface area contributed by atoms with Crippen LogP contribution < -0.4 is 0 Å². The Morgan fingerprint density at radius 3 is 2.78 bits per heavy atom. The van der Waals surface area contributed by atoms with E-state index in [1.165, 1.54) is 10.6 Å². The summed E-state index contributed by atoms with van der Waals surface area (Å²) in [6.45, 7) is 0. The summed E-state index contributed by atoms with van der Waals surface area (Å²) in [5.74, 6) is 0.413. The third-order valence-electron chi connectivity index (χ3n) is 5.26. The molecule has 6 rings (SSSR count). The number of nitrogens with zero attached hydrogens (tertiary/aromatic N) is 8. The average molecular weight is 364 g/mol. The SMILES string of the molecule is COC1(c2cnnn2-c2nnc3c4ccccc4n4c(F)ncc4n23)CC1. The Balaban J connectivity index is 1.76. The molecule has 4 aromatic heterocycles. The molecule has 4 heterocycles. The second-order valence-corrected chi connectivity index (χ2v) is 6.63. The van der Waals surface area contributed by atoms with Gasteiger partial charge in [-0.2, -0.15) is 9.07 Å². The fourth-order valence-corrected chi connectivity index (χ4v) is 3.73. The van der Waals surface area contributed by atoms with Crippen LogP contribution in [0.1, 0.15) is 18.5 Å². The Morgan fingerprint density at radius 2 is 1.96 bits per heavy atom. The van der Waals surface area contributed by atoms with Crippen LogP contribution in [0, 0.1) is 6.08 Å². The first kappa shape index (κ1) is 14.7. The second-order valence-electron chi connectivity index (χ2n) is 6.63. The number of para-hydroxylation sites is 1. The number of halogens is 1. The van der Waals surface area contributed by atoms with Gasteiger partial charge in [0.05, 0.1) is 23.6 Å². The van der Waals surface area contributed by atoms with Crippen molar-refractivity contribution in [1.29, 1.82) is 0 Å². The summed E-state index contributed by atoms with van der Waals surface area (Å²) in [6.07, 6.45) is 4.30. The molecule has 1 fully saturated rings. The Bertz CT molecular complexity index is 1350. The van der Waals surface area contributed by atoms with Gasteiger partial charge in [-0.25, -0.2) is 9.38 Å². The zero-order valence-corrected chi connectivity index (χ0v) is 14.2. The minimum atomic E-state index is -0.600. The van der Waals surface area contributed by atoms with Gasteiger partial charge in [0, 0.05) is 12.5 Å². The van der Waals surface area contributed by atoms with Crippen LogP contribution in [-0.4, -0.2) is 46.1 Å². The fraction of sp³-hybridized carbons (Fsp3) is 0.235. The minimum absolute atomic E-state index is 0.409. The van der Waals surface area contributed by atoms with E-state index >= 15 is 0 Å². The van der Waals surface area contributed by atoms with Crippen molar-refractivity contribution in [1.82, 2.24) is 39.0 Å². The molecule has 0 bridgehead atoms. The van der Waals surface area contributed by atoms with E-state index in [-0.39, 0.29) is 0 Å². The summed E-state index contributed by atoms with van der Waals surface area (Å²) in [5, 5.41) is 17.7. The number of hydrogen-bond donors (Lipinski definition) is 0. The lowest BCUT2D eigenvalue weighted by Crippen LogP contribution is -2.17. The zero-order chi connectivity index (χ0) is 18.2. The lowest BCUT2D eigenvalue weighted by Gasteiger charge is -2.14. The number of aromatic nitrogens is 8. The molecule has 9 nitrogen and oxygen atoms in total. The van der Waals surface area contributed by atoms with Gasteiger partial charge in [0.1, 0.15) is 11.2 Å². The number of methoxy groups -OCH3 is 1. The van der Waals surface area contributed by atoms with Crippen molar-refractivity contribution >= 4 is 22.2 Å². The van der Waals surface area contributed by atoms with Gasteiger partial charge >= 0.3 is 0 Å². The maximum absolute atomic E-state index is 14.5. The predicted molar refractivity (Wildman–Crippen MR) is 92.0 cm³/mol. The minimum Gasteiger partial charge on any atom is -0.372 e. The lowest BCUT2D eigenvalue weighted by molar-refractivity contribution is 0.0728. The van der Waals surface area contributed by atoms with Gasteiger partial charge in [-0.05, 0) is 25.0 Å². The van der Waals surface area contributed by atoms with E-state index in [9.17, 15) is 4.39 Å². The van der Waals surface area contributed by atoms with Crippen molar-refractivity contribution in [2.75, 3.05) is 7.11 Å². The Kier molecular flexibility index (Phi) is 2.65. The molecule has 1 aromatic carbocycles. The molecular weight excluding hydrogens is 351 g/mol. The van der Waals surface area contributed by atoms with Crippen LogP contribution in [0.15, 0.2) is 36.7 Å². The van der Waals surface area contributed by atoms with E-state index < -0.39 is 11.7 Å². The summed E-state index contributed by atoms with van der Waals surface area (Å²) in [7, 11) is 1.67. The van der Waals surface area contributed by atoms with E-state index in [1.807, 2.05) is 24.3 Å². The van der Waals surface area contributed by atoms with Crippen LogP contribution >= 0.6 is 0 Å². The highest BCUT2D eigenvalue weighted by Crippen LogP contribution is 2.48. The molecule has 0 radical (unpaired) electrons. The van der Waals surface area contributed by atoms with Gasteiger partial charge in [-0.3, -0.25) is 4.40 Å². The first-order valence-corrected chi connectivity index (χ1v) is 8.49. The van der Waals surface area contributed by atoms with Crippen molar-refractivity contribution in [2.24, 2.45) is 0 Å². The van der Waals surface area contributed by atoms with Gasteiger partial charge in [-0.15, -0.1) is 15.3 Å². The maximum atomic E-state index is 14.5. The second kappa shape index (κ2) is 4.86. The molecular formula is C17H13FN8O. The Hall–Kier alpha value is -3.40. The highest BCUT2D eigenvalue weighted by Gasteiger charge is 2.48. The largest absolute Gasteiger partial charge is 0.372 e. The molecule has 1 saturated carbocycles. The van der Waals surface area contributed by atoms with Crippen LogP contribution in [0.4, 0.5) is 4.39 Å². The molecule has 0 atom stereocenters. The molecule has 5 aromatic rings. The molecule has 0 N–H and O–H groups in total. The molecule has 1 aliphatic carbocycles. The standard InChI is InChI=1S/C17H13FN8O/c1-27-17(6-7-17)12-8-20-23-26(12)16-22-21-14-10-4-2-3-5-11(10)24-13(25(14)16)9-19-15(24)18/h2-5,8-9H,6-7H2,1H3. The maximum Gasteiger partial charge on any atom is 0.295 e. The van der Waals surface area contributed by atoms with E-state index in [1.54, 1.807) is 22.4 Å². The summed E-state index contributed by atoms with van der Waals surface area (Å²) in [6, 6.07) is 7.43. The van der Waals surface area contributed by atoms with Crippen LogP contribution in [0.25, 0.3) is 28.1 Å². The monoisotopic (exact) mass is 364 g/mol. The van der Waals surface area contributed by atoms with Crippen molar-refractivity contribution in [3.8, 4) is 5.95 Å². The summed E-state index contributed by atoms with van der Waals surface area (Å²) in [4.78, 5) is 3.85. The predicted octanol–water partition coefficient (Wildman–Crippen LogP) is 1.89. The number of rotatable bonds is 3. The topological polar surface area (TPSA) is 87.4 Å². The van der Waals surface area contributed by atoms with E-state index in [0.29, 0.717) is 22.8 Å². The molecule has 1 aliphatic rings. The molecule has 0 spiro atoms. The van der Waals surface area contributed by atoms with E-state index in [4.69, 9.17) is 4.74 Å². The van der Waals surface area contributed by atoms with E-state index in [0.717, 1.165) is 23.9 Å². The summed E-state index contributed by atoms with van der Waals surface area (Å²) < 4.78 is 24.9. The summed E-state index contributed by atoms with van der Waals surface area (Å²) >= 11 is 0. The van der Waals surface area contributed by atoms with Crippen molar-refractivity contribution in [2.45, 2.75) is 18.4 Å². The number of fused-ring (bicyclic) bond motifs is 6. The van der Waals surface area contributed by atoms with Gasteiger partial charge < -0.3 is 4.74 Å². The normalized spacial score (nSPS) is 15.9. The third kappa shape index (κ3) is 1.77. The van der Waals surface area contributed by atoms with Crippen molar-refractivity contribution in [3.05, 3.63) is 48.4 Å². The van der Waals surface area contributed by atoms with Crippen molar-refractivity contribution < 1.29 is 9.13 Å². The zero-order valence-electron chi connectivity index (χ0n) is 14.2. The van der Waals surface area contributed by atoms with Crippen LogP contribution in [0.2, 0.25) is 0 Å². The van der Waals surface area contributed by atoms with E-state index in [2.05, 4.69) is 25.5 Å². The van der Waals surface area contributed by atoms with Gasteiger partial charge in [-0.1, -0.05) is 17.3 Å². The fourth-order valence-electron chi connectivity index (χ4n) is 3.73. The first-order valence-electron chi connectivity index (χ1n) is 8.49. The Morgan fingerprint density at radius 1 is 1.11 bits per heavy atom. The lowest BCUT2D eigenvalue weighted by atomic mass is 10.2. The highest BCUT2D eigenvalue weighted by atomic mass is 19.1. The number of imidazole rings is 1. The molecule has 134 valence electrons. The highest BCUT2D eigenvalue weighted by molar-refractivity contribution is 5.94. The van der Waals surface area contributed by atoms with Gasteiger partial charge in [0.25, 0.3) is 12.0 Å². The summed E-state index contributed by atoms with van der Waals surface area (Å²) in [5.41, 5.74) is 2.16. The molecule has 0 saturated heterocycles. The van der Waals surface area contributed by atoms with Crippen molar-refractivity contribution in [3.63, 3.8) is 0 Å². The number of ether oxygens (including phenoxy) is 1. The first-order chi connectivity index (χ1) is 13.2. The third-order valence-corrected chi connectivity index (χ3v) is 5.26. The van der Waals surface area contributed by atoms with Crippen LogP contribution in [0.3, 0.4) is 0 Å². The molecule has 0 amide bonds. The number of hydrogen-bond acceptors (Lipinski definition) is 6. The molecule has 0 aliphatic heterocycles. The molecule has 10 heteroatoms. The van der Waals surface area contributed by atoms with Gasteiger partial charge in [0.2, 0.25) is 0 Å². The molecule has 27 heavy (non-hydrogen) atoms. The quantitative estimate of drug-likeness (QED) is 0.486. The average Bonchev–Trinajstić information content (AvgIpc) is 3.03. The van der Waals surface area contributed by atoms with Crippen LogP contribution in [0.5, 0.6) is 0 Å². The Labute approximate surface area is 151 Å². The molecule has 0 unspecified atom stereocenters. The van der Waals surface area contributed by atoms with Crippen LogP contribution in [-0.2, 0) is 10.3 Å². The van der Waals surface area contributed by atoms with Gasteiger partial charge in [0.15, 0.2) is 5.65 Å². The smallest absolute Gasteiger partial charge is 0.295 e. The number of benzene rings is 1.